The molecule has 0 aliphatic heterocycles. The van der Waals surface area contributed by atoms with Crippen molar-refractivity contribution in [3.63, 3.8) is 0 Å². The molecule has 0 radical (unpaired) electrons. The number of hydrogen-bond donors (Lipinski definition) is 0. The van der Waals surface area contributed by atoms with Gasteiger partial charge < -0.3 is 14.2 Å². The number of allylic oxidation sites excluding steroid dienone is 8. The lowest BCUT2D eigenvalue weighted by Crippen LogP contribution is -2.30. The molecule has 0 saturated carbocycles. The van der Waals surface area contributed by atoms with Crippen LogP contribution in [-0.4, -0.2) is 37.2 Å². The molecule has 0 aromatic carbocycles. The minimum atomic E-state index is -0.806. The number of unbranched alkanes of at least 4 members (excludes halogenated alkanes) is 35. The summed E-state index contributed by atoms with van der Waals surface area (Å²) in [5.41, 5.74) is 0. The van der Waals surface area contributed by atoms with E-state index in [0.29, 0.717) is 19.3 Å². The van der Waals surface area contributed by atoms with Gasteiger partial charge in [0.1, 0.15) is 13.2 Å². The predicted octanol–water partition coefficient (Wildman–Crippen LogP) is 19.8. The van der Waals surface area contributed by atoms with Gasteiger partial charge in [0.15, 0.2) is 6.10 Å². The van der Waals surface area contributed by atoms with Crippen LogP contribution in [0.4, 0.5) is 0 Å². The summed E-state index contributed by atoms with van der Waals surface area (Å²) in [6.07, 6.45) is 70.2. The fourth-order valence-corrected chi connectivity index (χ4v) is 8.69. The summed E-state index contributed by atoms with van der Waals surface area (Å²) in [4.78, 5) is 37.9. The molecule has 0 spiro atoms. The van der Waals surface area contributed by atoms with Crippen LogP contribution in [0.15, 0.2) is 48.6 Å². The average molecular weight is 954 g/mol. The van der Waals surface area contributed by atoms with Crippen molar-refractivity contribution in [3.05, 3.63) is 48.6 Å². The second kappa shape index (κ2) is 57.0. The summed E-state index contributed by atoms with van der Waals surface area (Å²) < 4.78 is 16.7. The Bertz CT molecular complexity index is 1190. The third-order valence-corrected chi connectivity index (χ3v) is 13.1. The van der Waals surface area contributed by atoms with Gasteiger partial charge in [-0.15, -0.1) is 0 Å². The zero-order valence-corrected chi connectivity index (χ0v) is 45.4. The maximum absolute atomic E-state index is 12.7. The molecular formula is C62H112O6. The van der Waals surface area contributed by atoms with Crippen molar-refractivity contribution in [1.29, 1.82) is 0 Å². The summed E-state index contributed by atoms with van der Waals surface area (Å²) in [6.45, 7) is 6.47. The Hall–Kier alpha value is -2.63. The van der Waals surface area contributed by atoms with E-state index in [1.807, 2.05) is 6.08 Å². The first kappa shape index (κ1) is 65.4. The van der Waals surface area contributed by atoms with Gasteiger partial charge in [-0.2, -0.15) is 0 Å². The molecule has 0 amide bonds. The van der Waals surface area contributed by atoms with Crippen molar-refractivity contribution in [1.82, 2.24) is 0 Å². The minimum absolute atomic E-state index is 0.0978. The van der Waals surface area contributed by atoms with Crippen LogP contribution < -0.4 is 0 Å². The van der Waals surface area contributed by atoms with Gasteiger partial charge >= 0.3 is 17.9 Å². The molecule has 1 unspecified atom stereocenters. The normalized spacial score (nSPS) is 12.3. The monoisotopic (exact) mass is 953 g/mol. The SMILES string of the molecule is CC/C=C\C/C=C\C/C=C\C/C=C\CCC(=O)OC(COC(=O)CCCCCCCCCCC)COC(=O)CCCCCCCCCCCCCCCCCCCCCCCCCCCCCC. The summed E-state index contributed by atoms with van der Waals surface area (Å²) in [6, 6.07) is 0. The highest BCUT2D eigenvalue weighted by Crippen LogP contribution is 2.17. The Morgan fingerprint density at radius 2 is 0.574 bits per heavy atom. The van der Waals surface area contributed by atoms with Crippen LogP contribution in [0.1, 0.15) is 310 Å². The van der Waals surface area contributed by atoms with Gasteiger partial charge in [-0.25, -0.2) is 0 Å². The van der Waals surface area contributed by atoms with Gasteiger partial charge in [0.05, 0.1) is 0 Å². The van der Waals surface area contributed by atoms with E-state index in [9.17, 15) is 14.4 Å². The predicted molar refractivity (Wildman–Crippen MR) is 293 cm³/mol. The minimum Gasteiger partial charge on any atom is -0.462 e. The molecule has 1 atom stereocenters. The van der Waals surface area contributed by atoms with Crippen LogP contribution in [-0.2, 0) is 28.6 Å². The van der Waals surface area contributed by atoms with Crippen molar-refractivity contribution in [3.8, 4) is 0 Å². The van der Waals surface area contributed by atoms with E-state index in [1.54, 1.807) is 0 Å². The summed E-state index contributed by atoms with van der Waals surface area (Å²) in [5.74, 6) is -0.970. The smallest absolute Gasteiger partial charge is 0.306 e. The quantitative estimate of drug-likeness (QED) is 0.0262. The summed E-state index contributed by atoms with van der Waals surface area (Å²) >= 11 is 0. The molecule has 0 N–H and O–H groups in total. The molecule has 0 bridgehead atoms. The van der Waals surface area contributed by atoms with Crippen LogP contribution in [0.5, 0.6) is 0 Å². The molecule has 396 valence electrons. The zero-order valence-electron chi connectivity index (χ0n) is 45.4. The van der Waals surface area contributed by atoms with Crippen molar-refractivity contribution in [2.75, 3.05) is 13.2 Å². The number of hydrogen-bond acceptors (Lipinski definition) is 6. The highest BCUT2D eigenvalue weighted by Gasteiger charge is 2.19. The second-order valence-corrected chi connectivity index (χ2v) is 19.9. The first-order valence-electron chi connectivity index (χ1n) is 29.6. The lowest BCUT2D eigenvalue weighted by molar-refractivity contribution is -0.166. The highest BCUT2D eigenvalue weighted by atomic mass is 16.6. The van der Waals surface area contributed by atoms with Crippen LogP contribution in [0.3, 0.4) is 0 Å². The standard InChI is InChI=1S/C62H112O6/c1-4-7-10-13-16-19-21-23-24-25-26-27-28-29-30-31-32-33-34-35-36-37-39-40-43-46-49-52-55-61(64)67-58-59(57-66-60(63)54-51-48-45-42-18-15-12-9-6-3)68-62(65)56-53-50-47-44-41-38-22-20-17-14-11-8-5-2/h8,11,17,20,38,41,47,50,59H,4-7,9-10,12-16,18-19,21-37,39-40,42-46,48-49,51-58H2,1-3H3/b11-8-,20-17-,41-38-,50-47-. The third-order valence-electron chi connectivity index (χ3n) is 13.1. The van der Waals surface area contributed by atoms with Crippen molar-refractivity contribution in [2.45, 2.75) is 316 Å². The summed E-state index contributed by atoms with van der Waals surface area (Å²) in [5, 5.41) is 0. The topological polar surface area (TPSA) is 78.9 Å². The van der Waals surface area contributed by atoms with E-state index in [1.165, 1.54) is 199 Å². The fraction of sp³-hybridized carbons (Fsp3) is 0.823. The third kappa shape index (κ3) is 54.3. The van der Waals surface area contributed by atoms with E-state index in [2.05, 4.69) is 63.3 Å². The molecule has 0 heterocycles. The first-order valence-corrected chi connectivity index (χ1v) is 29.6. The number of carbonyl (C=O) groups excluding carboxylic acids is 3. The lowest BCUT2D eigenvalue weighted by Gasteiger charge is -2.18. The lowest BCUT2D eigenvalue weighted by atomic mass is 10.0. The highest BCUT2D eigenvalue weighted by molar-refractivity contribution is 5.71. The zero-order chi connectivity index (χ0) is 49.3. The van der Waals surface area contributed by atoms with Crippen LogP contribution >= 0.6 is 0 Å². The number of carbonyl (C=O) groups is 3. The van der Waals surface area contributed by atoms with Gasteiger partial charge in [0, 0.05) is 19.3 Å². The number of rotatable bonds is 54. The molecule has 0 saturated heterocycles. The van der Waals surface area contributed by atoms with Crippen molar-refractivity contribution >= 4 is 17.9 Å². The maximum atomic E-state index is 12.7. The molecule has 0 aliphatic rings. The molecule has 0 aromatic rings. The molecule has 0 fully saturated rings. The van der Waals surface area contributed by atoms with E-state index < -0.39 is 6.10 Å². The van der Waals surface area contributed by atoms with Gasteiger partial charge in [-0.3, -0.25) is 14.4 Å². The Morgan fingerprint density at radius 3 is 0.868 bits per heavy atom. The molecule has 6 heteroatoms. The Labute approximate surface area is 422 Å². The number of esters is 3. The van der Waals surface area contributed by atoms with Crippen LogP contribution in [0, 0.1) is 0 Å². The van der Waals surface area contributed by atoms with E-state index >= 15 is 0 Å². The Morgan fingerprint density at radius 1 is 0.309 bits per heavy atom. The van der Waals surface area contributed by atoms with Gasteiger partial charge in [0.2, 0.25) is 0 Å². The van der Waals surface area contributed by atoms with Gasteiger partial charge in [-0.1, -0.05) is 294 Å². The fourth-order valence-electron chi connectivity index (χ4n) is 8.69. The van der Waals surface area contributed by atoms with E-state index in [-0.39, 0.29) is 37.5 Å². The van der Waals surface area contributed by atoms with Crippen molar-refractivity contribution in [2.24, 2.45) is 0 Å². The van der Waals surface area contributed by atoms with Gasteiger partial charge in [0.25, 0.3) is 0 Å². The van der Waals surface area contributed by atoms with Crippen LogP contribution in [0.25, 0.3) is 0 Å². The van der Waals surface area contributed by atoms with Crippen molar-refractivity contribution < 1.29 is 28.6 Å². The first-order chi connectivity index (χ1) is 33.5. The summed E-state index contributed by atoms with van der Waals surface area (Å²) in [7, 11) is 0. The largest absolute Gasteiger partial charge is 0.462 e. The van der Waals surface area contributed by atoms with E-state index in [0.717, 1.165) is 64.2 Å². The second-order valence-electron chi connectivity index (χ2n) is 19.9. The van der Waals surface area contributed by atoms with Gasteiger partial charge in [-0.05, 0) is 44.9 Å². The molecule has 0 aliphatic carbocycles. The van der Waals surface area contributed by atoms with Crippen LogP contribution in [0.2, 0.25) is 0 Å². The molecule has 68 heavy (non-hydrogen) atoms. The Balaban J connectivity index is 4.10. The molecule has 0 aromatic heterocycles. The Kier molecular flexibility index (Phi) is 54.8. The average Bonchev–Trinajstić information content (AvgIpc) is 3.34. The molecular weight excluding hydrogens is 841 g/mol. The molecule has 0 rings (SSSR count). The number of ether oxygens (including phenoxy) is 3. The van der Waals surface area contributed by atoms with E-state index in [4.69, 9.17) is 14.2 Å². The maximum Gasteiger partial charge on any atom is 0.306 e. The molecule has 6 nitrogen and oxygen atoms in total.